The molecule has 1 aliphatic heterocycles. The number of benzene rings is 1. The van der Waals surface area contributed by atoms with Crippen LogP contribution in [0.1, 0.15) is 16.8 Å². The van der Waals surface area contributed by atoms with Gasteiger partial charge in [-0.15, -0.1) is 0 Å². The van der Waals surface area contributed by atoms with Crippen molar-refractivity contribution in [1.82, 2.24) is 5.32 Å². The molecule has 1 fully saturated rings. The fourth-order valence-corrected chi connectivity index (χ4v) is 2.21. The van der Waals surface area contributed by atoms with Crippen LogP contribution in [0.4, 0.5) is 10.1 Å². The van der Waals surface area contributed by atoms with Gasteiger partial charge in [0.15, 0.2) is 0 Å². The monoisotopic (exact) mass is 296 g/mol. The van der Waals surface area contributed by atoms with E-state index in [0.717, 1.165) is 6.07 Å². The first-order chi connectivity index (χ1) is 10.0. The minimum atomic E-state index is -0.709. The second-order valence-corrected chi connectivity index (χ2v) is 4.72. The van der Waals surface area contributed by atoms with E-state index in [9.17, 15) is 14.0 Å². The number of esters is 1. The maximum Gasteiger partial charge on any atom is 0.340 e. The van der Waals surface area contributed by atoms with Crippen LogP contribution in [0.3, 0.4) is 0 Å². The highest BCUT2D eigenvalue weighted by atomic mass is 19.1. The standard InChI is InChI=1S/C14H17FN2O4/c1-20-9-6-12(16-7-9)13(18)17-11-4-3-8(15)5-10(11)14(19)21-2/h3-5,9,12,16H,6-7H2,1-2H3,(H,17,18). The zero-order chi connectivity index (χ0) is 15.4. The van der Waals surface area contributed by atoms with Crippen LogP contribution in [0.15, 0.2) is 18.2 Å². The summed E-state index contributed by atoms with van der Waals surface area (Å²) < 4.78 is 23.0. The van der Waals surface area contributed by atoms with Gasteiger partial charge in [0.25, 0.3) is 0 Å². The van der Waals surface area contributed by atoms with Crippen LogP contribution in [0.25, 0.3) is 0 Å². The van der Waals surface area contributed by atoms with Gasteiger partial charge in [0.2, 0.25) is 5.91 Å². The Balaban J connectivity index is 2.12. The summed E-state index contributed by atoms with van der Waals surface area (Å²) in [5.41, 5.74) is 0.197. The van der Waals surface area contributed by atoms with Crippen LogP contribution < -0.4 is 10.6 Å². The molecule has 2 unspecified atom stereocenters. The lowest BCUT2D eigenvalue weighted by Crippen LogP contribution is -2.35. The Bertz CT molecular complexity index is 550. The minimum absolute atomic E-state index is 0.0194. The molecule has 1 saturated heterocycles. The number of anilines is 1. The van der Waals surface area contributed by atoms with Crippen LogP contribution in [-0.2, 0) is 14.3 Å². The van der Waals surface area contributed by atoms with Crippen LogP contribution in [0, 0.1) is 5.82 Å². The van der Waals surface area contributed by atoms with Crippen molar-refractivity contribution in [3.05, 3.63) is 29.6 Å². The van der Waals surface area contributed by atoms with Crippen molar-refractivity contribution in [3.63, 3.8) is 0 Å². The van der Waals surface area contributed by atoms with Gasteiger partial charge in [-0.25, -0.2) is 9.18 Å². The highest BCUT2D eigenvalue weighted by Crippen LogP contribution is 2.19. The molecular weight excluding hydrogens is 279 g/mol. The van der Waals surface area contributed by atoms with Gasteiger partial charge in [0, 0.05) is 13.7 Å². The summed E-state index contributed by atoms with van der Waals surface area (Å²) >= 11 is 0. The first kappa shape index (κ1) is 15.4. The van der Waals surface area contributed by atoms with Gasteiger partial charge in [0.1, 0.15) is 5.82 Å². The van der Waals surface area contributed by atoms with E-state index in [1.807, 2.05) is 0 Å². The molecule has 2 rings (SSSR count). The second-order valence-electron chi connectivity index (χ2n) is 4.72. The van der Waals surface area contributed by atoms with Gasteiger partial charge in [0.05, 0.1) is 30.5 Å². The molecule has 1 heterocycles. The predicted octanol–water partition coefficient (Wildman–Crippen LogP) is 0.928. The molecule has 0 saturated carbocycles. The van der Waals surface area contributed by atoms with Crippen molar-refractivity contribution in [3.8, 4) is 0 Å². The molecule has 0 bridgehead atoms. The highest BCUT2D eigenvalue weighted by Gasteiger charge is 2.30. The maximum absolute atomic E-state index is 13.2. The topological polar surface area (TPSA) is 76.7 Å². The number of ether oxygens (including phenoxy) is 2. The molecule has 0 aliphatic carbocycles. The van der Waals surface area contributed by atoms with E-state index < -0.39 is 17.8 Å². The summed E-state index contributed by atoms with van der Waals surface area (Å²) in [6.07, 6.45) is 0.519. The fourth-order valence-electron chi connectivity index (χ4n) is 2.21. The van der Waals surface area contributed by atoms with E-state index in [2.05, 4.69) is 15.4 Å². The van der Waals surface area contributed by atoms with Crippen molar-refractivity contribution in [2.75, 3.05) is 26.1 Å². The number of halogens is 1. The van der Waals surface area contributed by atoms with Crippen molar-refractivity contribution in [1.29, 1.82) is 0 Å². The Morgan fingerprint density at radius 1 is 1.38 bits per heavy atom. The first-order valence-corrected chi connectivity index (χ1v) is 6.50. The number of carbonyl (C=O) groups excluding carboxylic acids is 2. The van der Waals surface area contributed by atoms with E-state index >= 15 is 0 Å². The second kappa shape index (κ2) is 6.64. The lowest BCUT2D eigenvalue weighted by atomic mass is 10.1. The average molecular weight is 296 g/mol. The molecule has 1 aromatic rings. The molecule has 2 atom stereocenters. The lowest BCUT2D eigenvalue weighted by molar-refractivity contribution is -0.118. The molecule has 7 heteroatoms. The summed E-state index contributed by atoms with van der Waals surface area (Å²) in [5.74, 6) is -1.59. The van der Waals surface area contributed by atoms with E-state index in [-0.39, 0.29) is 23.3 Å². The van der Waals surface area contributed by atoms with Crippen LogP contribution in [-0.4, -0.2) is 44.8 Å². The molecule has 2 N–H and O–H groups in total. The van der Waals surface area contributed by atoms with Crippen LogP contribution >= 0.6 is 0 Å². The van der Waals surface area contributed by atoms with Gasteiger partial charge in [-0.3, -0.25) is 4.79 Å². The molecule has 21 heavy (non-hydrogen) atoms. The Morgan fingerprint density at radius 3 is 2.76 bits per heavy atom. The van der Waals surface area contributed by atoms with Crippen molar-refractivity contribution < 1.29 is 23.5 Å². The fraction of sp³-hybridized carbons (Fsp3) is 0.429. The number of rotatable bonds is 4. The van der Waals surface area contributed by atoms with Gasteiger partial charge in [-0.2, -0.15) is 0 Å². The number of carbonyl (C=O) groups is 2. The van der Waals surface area contributed by atoms with Gasteiger partial charge < -0.3 is 20.1 Å². The Hall–Kier alpha value is -1.99. The average Bonchev–Trinajstić information content (AvgIpc) is 2.97. The summed E-state index contributed by atoms with van der Waals surface area (Å²) in [7, 11) is 2.78. The summed E-state index contributed by atoms with van der Waals surface area (Å²) in [6.45, 7) is 0.585. The quantitative estimate of drug-likeness (QED) is 0.808. The molecular formula is C14H17FN2O4. The van der Waals surface area contributed by atoms with Crippen molar-refractivity contribution in [2.24, 2.45) is 0 Å². The van der Waals surface area contributed by atoms with Crippen molar-refractivity contribution in [2.45, 2.75) is 18.6 Å². The zero-order valence-electron chi connectivity index (χ0n) is 11.8. The number of hydrogen-bond donors (Lipinski definition) is 2. The van der Waals surface area contributed by atoms with Crippen molar-refractivity contribution >= 4 is 17.6 Å². The number of methoxy groups -OCH3 is 2. The third-order valence-electron chi connectivity index (χ3n) is 3.39. The molecule has 1 aromatic carbocycles. The van der Waals surface area contributed by atoms with E-state index in [0.29, 0.717) is 13.0 Å². The summed E-state index contributed by atoms with van der Waals surface area (Å²) in [6, 6.07) is 3.12. The molecule has 1 aliphatic rings. The summed E-state index contributed by atoms with van der Waals surface area (Å²) in [5, 5.41) is 5.64. The third kappa shape index (κ3) is 3.56. The number of hydrogen-bond acceptors (Lipinski definition) is 5. The Kier molecular flexibility index (Phi) is 4.87. The van der Waals surface area contributed by atoms with E-state index in [1.165, 1.54) is 19.2 Å². The number of amides is 1. The molecule has 6 nitrogen and oxygen atoms in total. The lowest BCUT2D eigenvalue weighted by Gasteiger charge is -2.13. The Labute approximate surface area is 121 Å². The van der Waals surface area contributed by atoms with E-state index in [1.54, 1.807) is 7.11 Å². The molecule has 114 valence electrons. The van der Waals surface area contributed by atoms with Gasteiger partial charge in [-0.05, 0) is 24.6 Å². The predicted molar refractivity (Wildman–Crippen MR) is 73.6 cm³/mol. The minimum Gasteiger partial charge on any atom is -0.465 e. The molecule has 0 aromatic heterocycles. The van der Waals surface area contributed by atoms with Gasteiger partial charge >= 0.3 is 5.97 Å². The molecule has 1 amide bonds. The summed E-state index contributed by atoms with van der Waals surface area (Å²) in [4.78, 5) is 23.8. The SMILES string of the molecule is COC(=O)c1cc(F)ccc1NC(=O)C1CC(OC)CN1. The Morgan fingerprint density at radius 2 is 2.14 bits per heavy atom. The highest BCUT2D eigenvalue weighted by molar-refractivity contribution is 6.02. The third-order valence-corrected chi connectivity index (χ3v) is 3.39. The zero-order valence-corrected chi connectivity index (χ0v) is 11.8. The molecule has 0 spiro atoms. The number of nitrogens with one attached hydrogen (secondary N) is 2. The van der Waals surface area contributed by atoms with Gasteiger partial charge in [-0.1, -0.05) is 0 Å². The van der Waals surface area contributed by atoms with Crippen LogP contribution in [0.5, 0.6) is 0 Å². The van der Waals surface area contributed by atoms with E-state index in [4.69, 9.17) is 4.74 Å². The normalized spacial score (nSPS) is 21.1. The molecule has 0 radical (unpaired) electrons. The smallest absolute Gasteiger partial charge is 0.340 e. The maximum atomic E-state index is 13.2. The first-order valence-electron chi connectivity index (χ1n) is 6.50. The van der Waals surface area contributed by atoms with Crippen LogP contribution in [0.2, 0.25) is 0 Å². The largest absolute Gasteiger partial charge is 0.465 e.